The minimum absolute atomic E-state index is 0.727. The zero-order chi connectivity index (χ0) is 17.3. The summed E-state index contributed by atoms with van der Waals surface area (Å²) < 4.78 is 0. The lowest BCUT2D eigenvalue weighted by Gasteiger charge is -2.24. The van der Waals surface area contributed by atoms with Gasteiger partial charge in [-0.1, -0.05) is 89.3 Å². The van der Waals surface area contributed by atoms with Crippen molar-refractivity contribution in [1.29, 1.82) is 0 Å². The molecule has 1 heteroatoms. The van der Waals surface area contributed by atoms with E-state index in [4.69, 9.17) is 5.32 Å². The minimum Gasteiger partial charge on any atom is -0.252 e. The highest BCUT2D eigenvalue weighted by molar-refractivity contribution is 5.82. The first-order valence-corrected chi connectivity index (χ1v) is 10.9. The van der Waals surface area contributed by atoms with Crippen LogP contribution in [0.5, 0.6) is 0 Å². The van der Waals surface area contributed by atoms with Crippen molar-refractivity contribution in [3.63, 3.8) is 0 Å². The molecule has 2 aliphatic rings. The Morgan fingerprint density at radius 2 is 1.56 bits per heavy atom. The Kier molecular flexibility index (Phi) is 7.45. The molecule has 1 aliphatic heterocycles. The van der Waals surface area contributed by atoms with Crippen molar-refractivity contribution < 1.29 is 0 Å². The Bertz CT molecular complexity index is 557. The van der Waals surface area contributed by atoms with Gasteiger partial charge in [-0.15, -0.1) is 0 Å². The fourth-order valence-corrected chi connectivity index (χ4v) is 4.58. The molecule has 1 radical (unpaired) electrons. The molecule has 1 heterocycles. The Labute approximate surface area is 155 Å². The predicted molar refractivity (Wildman–Crippen MR) is 109 cm³/mol. The van der Waals surface area contributed by atoms with Crippen molar-refractivity contribution >= 4 is 11.3 Å². The summed E-state index contributed by atoms with van der Waals surface area (Å²) in [4.78, 5) is 0. The Morgan fingerprint density at radius 3 is 2.32 bits per heavy atom. The number of fused-ring (bicyclic) bond motifs is 2. The van der Waals surface area contributed by atoms with Gasteiger partial charge in [0.2, 0.25) is 0 Å². The summed E-state index contributed by atoms with van der Waals surface area (Å²) in [5.74, 6) is 0.727. The summed E-state index contributed by atoms with van der Waals surface area (Å²) in [6.07, 6.45) is 19.6. The van der Waals surface area contributed by atoms with Gasteiger partial charge >= 0.3 is 0 Å². The lowest BCUT2D eigenvalue weighted by atomic mass is 9.83. The van der Waals surface area contributed by atoms with E-state index in [1.54, 1.807) is 5.57 Å². The first-order valence-electron chi connectivity index (χ1n) is 10.9. The van der Waals surface area contributed by atoms with E-state index < -0.39 is 0 Å². The second-order valence-corrected chi connectivity index (χ2v) is 8.05. The second-order valence-electron chi connectivity index (χ2n) is 8.05. The number of rotatable bonds is 11. The molecule has 25 heavy (non-hydrogen) atoms. The average Bonchev–Trinajstić information content (AvgIpc) is 3.03. The summed E-state index contributed by atoms with van der Waals surface area (Å²) in [5.41, 5.74) is 5.66. The van der Waals surface area contributed by atoms with Crippen LogP contribution in [-0.2, 0) is 0 Å². The number of hydrogen-bond donors (Lipinski definition) is 0. The maximum Gasteiger partial charge on any atom is 0.0708 e. The first kappa shape index (κ1) is 18.5. The molecular formula is C24H36N. The predicted octanol–water partition coefficient (Wildman–Crippen LogP) is 7.76. The summed E-state index contributed by atoms with van der Waals surface area (Å²) >= 11 is 0. The third-order valence-corrected chi connectivity index (χ3v) is 6.05. The highest BCUT2D eigenvalue weighted by Gasteiger charge is 2.30. The highest BCUT2D eigenvalue weighted by atomic mass is 14.9. The van der Waals surface area contributed by atoms with E-state index in [0.717, 1.165) is 5.92 Å². The maximum absolute atomic E-state index is 5.00. The van der Waals surface area contributed by atoms with Crippen LogP contribution in [0, 0.1) is 5.92 Å². The van der Waals surface area contributed by atoms with E-state index in [-0.39, 0.29) is 0 Å². The standard InChI is InChI=1S/C24H36N/c1-2-3-4-5-6-7-8-9-10-11-15-20-16-14-18-22-21-17-12-13-19-23(21)25-24(20)22/h12-13,17,19-20H,2-11,14-16,18H2,1H3. The van der Waals surface area contributed by atoms with Crippen molar-refractivity contribution in [2.45, 2.75) is 96.8 Å². The zero-order valence-corrected chi connectivity index (χ0v) is 16.2. The lowest BCUT2D eigenvalue weighted by Crippen LogP contribution is -2.13. The van der Waals surface area contributed by atoms with Crippen LogP contribution in [0.15, 0.2) is 30.0 Å². The van der Waals surface area contributed by atoms with Crippen molar-refractivity contribution in [3.05, 3.63) is 35.5 Å². The van der Waals surface area contributed by atoms with Crippen molar-refractivity contribution in [2.75, 3.05) is 0 Å². The molecule has 0 bridgehead atoms. The average molecular weight is 339 g/mol. The van der Waals surface area contributed by atoms with Gasteiger partial charge in [0.1, 0.15) is 0 Å². The van der Waals surface area contributed by atoms with Crippen LogP contribution in [0.1, 0.15) is 102 Å². The van der Waals surface area contributed by atoms with Crippen LogP contribution in [0.4, 0.5) is 5.69 Å². The normalized spacial score (nSPS) is 18.8. The van der Waals surface area contributed by atoms with Gasteiger partial charge < -0.3 is 0 Å². The molecule has 1 aromatic rings. The number of benzene rings is 1. The Balaban J connectivity index is 1.32. The number of para-hydroxylation sites is 1. The van der Waals surface area contributed by atoms with E-state index >= 15 is 0 Å². The molecule has 1 atom stereocenters. The molecule has 0 N–H and O–H groups in total. The topological polar surface area (TPSA) is 14.1 Å². The molecule has 0 aromatic heterocycles. The van der Waals surface area contributed by atoms with Gasteiger partial charge in [0.25, 0.3) is 0 Å². The van der Waals surface area contributed by atoms with Gasteiger partial charge in [-0.3, -0.25) is 5.32 Å². The van der Waals surface area contributed by atoms with Gasteiger partial charge in [-0.05, 0) is 37.3 Å². The van der Waals surface area contributed by atoms with E-state index in [1.807, 2.05) is 0 Å². The molecule has 0 spiro atoms. The smallest absolute Gasteiger partial charge is 0.0708 e. The monoisotopic (exact) mass is 338 g/mol. The molecule has 137 valence electrons. The number of allylic oxidation sites excluding steroid dienone is 2. The van der Waals surface area contributed by atoms with Crippen LogP contribution in [-0.4, -0.2) is 0 Å². The van der Waals surface area contributed by atoms with Crippen LogP contribution >= 0.6 is 0 Å². The van der Waals surface area contributed by atoms with E-state index in [9.17, 15) is 0 Å². The van der Waals surface area contributed by atoms with E-state index in [1.165, 1.54) is 107 Å². The molecule has 3 rings (SSSR count). The Hall–Kier alpha value is -1.24. The molecule has 1 nitrogen and oxygen atoms in total. The van der Waals surface area contributed by atoms with Gasteiger partial charge in [0.15, 0.2) is 0 Å². The van der Waals surface area contributed by atoms with Crippen LogP contribution in [0.25, 0.3) is 5.57 Å². The number of hydrogen-bond acceptors (Lipinski definition) is 0. The summed E-state index contributed by atoms with van der Waals surface area (Å²) in [7, 11) is 0. The highest BCUT2D eigenvalue weighted by Crippen LogP contribution is 2.45. The SMILES string of the molecule is CCCCCCCCCCCCC1CCCC2=C1[N]c1ccccc12. The third-order valence-electron chi connectivity index (χ3n) is 6.05. The molecule has 0 saturated heterocycles. The molecule has 1 aromatic carbocycles. The lowest BCUT2D eigenvalue weighted by molar-refractivity contribution is 0.441. The van der Waals surface area contributed by atoms with Crippen LogP contribution in [0.2, 0.25) is 0 Å². The summed E-state index contributed by atoms with van der Waals surface area (Å²) in [5, 5.41) is 5.00. The third kappa shape index (κ3) is 5.12. The summed E-state index contributed by atoms with van der Waals surface area (Å²) in [6.45, 7) is 2.29. The number of nitrogens with zero attached hydrogens (tertiary/aromatic N) is 1. The van der Waals surface area contributed by atoms with Gasteiger partial charge in [0, 0.05) is 17.2 Å². The van der Waals surface area contributed by atoms with Crippen molar-refractivity contribution in [2.24, 2.45) is 5.92 Å². The van der Waals surface area contributed by atoms with Gasteiger partial charge in [-0.25, -0.2) is 0 Å². The van der Waals surface area contributed by atoms with Gasteiger partial charge in [0.05, 0.1) is 5.69 Å². The molecule has 1 aliphatic carbocycles. The van der Waals surface area contributed by atoms with Crippen molar-refractivity contribution in [3.8, 4) is 0 Å². The van der Waals surface area contributed by atoms with Crippen molar-refractivity contribution in [1.82, 2.24) is 5.32 Å². The Morgan fingerprint density at radius 1 is 0.880 bits per heavy atom. The molecule has 0 saturated carbocycles. The van der Waals surface area contributed by atoms with Crippen LogP contribution in [0.3, 0.4) is 0 Å². The van der Waals surface area contributed by atoms with E-state index in [0.29, 0.717) is 0 Å². The maximum atomic E-state index is 5.00. The molecule has 0 amide bonds. The largest absolute Gasteiger partial charge is 0.252 e. The molecular weight excluding hydrogens is 302 g/mol. The zero-order valence-electron chi connectivity index (χ0n) is 16.2. The van der Waals surface area contributed by atoms with Gasteiger partial charge in [-0.2, -0.15) is 0 Å². The fraction of sp³-hybridized carbons (Fsp3) is 0.667. The fourth-order valence-electron chi connectivity index (χ4n) is 4.58. The quantitative estimate of drug-likeness (QED) is 0.366. The molecule has 0 fully saturated rings. The minimum atomic E-state index is 0.727. The second kappa shape index (κ2) is 10.0. The van der Waals surface area contributed by atoms with E-state index in [2.05, 4.69) is 31.2 Å². The first-order chi connectivity index (χ1) is 12.4. The summed E-state index contributed by atoms with van der Waals surface area (Å²) in [6, 6.07) is 8.74. The number of unbranched alkanes of at least 4 members (excludes halogenated alkanes) is 9. The van der Waals surface area contributed by atoms with Crippen LogP contribution < -0.4 is 5.32 Å². The molecule has 1 unspecified atom stereocenters.